The van der Waals surface area contributed by atoms with Crippen LogP contribution in [0.3, 0.4) is 0 Å². The van der Waals surface area contributed by atoms with Gasteiger partial charge in [0.15, 0.2) is 0 Å². The normalized spacial score (nSPS) is 19.4. The Kier molecular flexibility index (Phi) is 6.61. The topological polar surface area (TPSA) is 72.9 Å². The number of hydrogen-bond donors (Lipinski definition) is 2. The molecule has 2 N–H and O–H groups in total. The highest BCUT2D eigenvalue weighted by molar-refractivity contribution is 6.30. The van der Waals surface area contributed by atoms with Crippen LogP contribution in [0.5, 0.6) is 0 Å². The van der Waals surface area contributed by atoms with E-state index in [1.807, 2.05) is 11.8 Å². The Bertz CT molecular complexity index is 638. The van der Waals surface area contributed by atoms with E-state index in [2.05, 4.69) is 5.32 Å². The predicted molar refractivity (Wildman–Crippen MR) is 93.1 cm³/mol. The number of halogens is 2. The van der Waals surface area contributed by atoms with Crippen LogP contribution in [0.1, 0.15) is 25.3 Å². The number of carbonyl (C=O) groups excluding carboxylic acids is 1. The van der Waals surface area contributed by atoms with Crippen molar-refractivity contribution >= 4 is 23.6 Å². The highest BCUT2D eigenvalue weighted by atomic mass is 35.5. The molecule has 1 saturated carbocycles. The first-order valence-corrected chi connectivity index (χ1v) is 8.59. The second-order valence-electron chi connectivity index (χ2n) is 6.32. The number of rotatable bonds is 7. The fourth-order valence-corrected chi connectivity index (χ4v) is 3.15. The molecule has 0 unspecified atom stereocenters. The number of amides is 2. The van der Waals surface area contributed by atoms with Gasteiger partial charge in [-0.3, -0.25) is 9.69 Å². The smallest absolute Gasteiger partial charge is 0.317 e. The van der Waals surface area contributed by atoms with Crippen LogP contribution in [0, 0.1) is 5.82 Å². The summed E-state index contributed by atoms with van der Waals surface area (Å²) in [5.41, 5.74) is 0.357. The van der Waals surface area contributed by atoms with Crippen LogP contribution >= 0.6 is 11.6 Å². The first-order chi connectivity index (χ1) is 11.8. The van der Waals surface area contributed by atoms with E-state index >= 15 is 0 Å². The minimum Gasteiger partial charge on any atom is -0.480 e. The predicted octanol–water partition coefficient (Wildman–Crippen LogP) is 2.56. The molecule has 8 heteroatoms. The Morgan fingerprint density at radius 3 is 2.68 bits per heavy atom. The van der Waals surface area contributed by atoms with Gasteiger partial charge in [0.1, 0.15) is 5.82 Å². The maximum absolute atomic E-state index is 13.7. The molecule has 25 heavy (non-hydrogen) atoms. The van der Waals surface area contributed by atoms with Crippen LogP contribution in [0.15, 0.2) is 18.2 Å². The molecule has 1 aliphatic carbocycles. The van der Waals surface area contributed by atoms with Crippen LogP contribution in [0.4, 0.5) is 9.18 Å². The number of nitrogens with zero attached hydrogens (tertiary/aromatic N) is 2. The molecular weight excluding hydrogens is 349 g/mol. The Labute approximate surface area is 151 Å². The molecule has 0 bridgehead atoms. The molecule has 0 aliphatic heterocycles. The van der Waals surface area contributed by atoms with E-state index in [-0.39, 0.29) is 31.2 Å². The van der Waals surface area contributed by atoms with Crippen molar-refractivity contribution in [1.29, 1.82) is 0 Å². The third kappa shape index (κ3) is 5.31. The number of aliphatic carboxylic acids is 1. The van der Waals surface area contributed by atoms with E-state index in [1.165, 1.54) is 23.1 Å². The Morgan fingerprint density at radius 1 is 1.40 bits per heavy atom. The Balaban J connectivity index is 1.81. The van der Waals surface area contributed by atoms with Gasteiger partial charge in [0, 0.05) is 36.3 Å². The van der Waals surface area contributed by atoms with Gasteiger partial charge < -0.3 is 15.3 Å². The molecule has 0 atom stereocenters. The highest BCUT2D eigenvalue weighted by Gasteiger charge is 2.35. The Hall–Kier alpha value is -1.86. The first-order valence-electron chi connectivity index (χ1n) is 8.21. The summed E-state index contributed by atoms with van der Waals surface area (Å²) in [6.45, 7) is 2.71. The molecule has 1 fully saturated rings. The van der Waals surface area contributed by atoms with Gasteiger partial charge in [-0.2, -0.15) is 0 Å². The van der Waals surface area contributed by atoms with Crippen molar-refractivity contribution < 1.29 is 19.1 Å². The molecular formula is C17H23ClFN3O3. The van der Waals surface area contributed by atoms with Gasteiger partial charge in [0.25, 0.3) is 0 Å². The highest BCUT2D eigenvalue weighted by Crippen LogP contribution is 2.26. The van der Waals surface area contributed by atoms with Crippen molar-refractivity contribution in [3.05, 3.63) is 34.6 Å². The summed E-state index contributed by atoms with van der Waals surface area (Å²) in [6, 6.07) is 4.14. The number of urea groups is 1. The van der Waals surface area contributed by atoms with Gasteiger partial charge in [0.2, 0.25) is 0 Å². The van der Waals surface area contributed by atoms with Crippen molar-refractivity contribution in [2.24, 2.45) is 0 Å². The van der Waals surface area contributed by atoms with Crippen molar-refractivity contribution in [2.45, 2.75) is 38.4 Å². The summed E-state index contributed by atoms with van der Waals surface area (Å²) in [4.78, 5) is 26.3. The number of nitrogens with one attached hydrogen (secondary N) is 1. The number of hydrogen-bond acceptors (Lipinski definition) is 3. The van der Waals surface area contributed by atoms with Crippen LogP contribution in [-0.2, 0) is 11.3 Å². The lowest BCUT2D eigenvalue weighted by molar-refractivity contribution is -0.139. The van der Waals surface area contributed by atoms with E-state index in [0.29, 0.717) is 30.0 Å². The van der Waals surface area contributed by atoms with E-state index in [1.54, 1.807) is 7.05 Å². The van der Waals surface area contributed by atoms with Gasteiger partial charge in [-0.05, 0) is 37.6 Å². The zero-order chi connectivity index (χ0) is 18.6. The number of carboxylic acid groups (broad SMARTS) is 1. The summed E-state index contributed by atoms with van der Waals surface area (Å²) in [6.07, 6.45) is 1.43. The molecule has 0 spiro atoms. The minimum atomic E-state index is -0.849. The molecule has 2 amide bonds. The van der Waals surface area contributed by atoms with Gasteiger partial charge in [-0.25, -0.2) is 9.18 Å². The largest absolute Gasteiger partial charge is 0.480 e. The molecule has 6 nitrogen and oxygen atoms in total. The van der Waals surface area contributed by atoms with E-state index in [0.717, 1.165) is 0 Å². The van der Waals surface area contributed by atoms with Gasteiger partial charge in [-0.1, -0.05) is 18.5 Å². The van der Waals surface area contributed by atoms with E-state index < -0.39 is 11.8 Å². The second-order valence-corrected chi connectivity index (χ2v) is 6.76. The van der Waals surface area contributed by atoms with Crippen LogP contribution in [0.2, 0.25) is 5.02 Å². The average molecular weight is 372 g/mol. The molecule has 1 aromatic rings. The molecule has 1 aromatic carbocycles. The lowest BCUT2D eigenvalue weighted by Crippen LogP contribution is -2.56. The van der Waals surface area contributed by atoms with E-state index in [4.69, 9.17) is 16.7 Å². The summed E-state index contributed by atoms with van der Waals surface area (Å²) in [7, 11) is 1.59. The minimum absolute atomic E-state index is 0.00648. The number of carboxylic acids is 1. The molecule has 138 valence electrons. The van der Waals surface area contributed by atoms with Crippen LogP contribution < -0.4 is 5.32 Å². The van der Waals surface area contributed by atoms with Crippen molar-refractivity contribution in [2.75, 3.05) is 20.1 Å². The Morgan fingerprint density at radius 2 is 2.08 bits per heavy atom. The molecule has 2 rings (SSSR count). The second kappa shape index (κ2) is 8.49. The standard InChI is InChI=1S/C17H23ClFN3O3/c1-3-22(10-16(23)24)14-7-13(8-14)20-17(25)21(2)9-11-6-12(18)4-5-15(11)19/h4-6,13-14H,3,7-10H2,1-2H3,(H,20,25)(H,23,24). The molecule has 0 saturated heterocycles. The average Bonchev–Trinajstić information content (AvgIpc) is 2.51. The van der Waals surface area contributed by atoms with Gasteiger partial charge >= 0.3 is 12.0 Å². The van der Waals surface area contributed by atoms with Gasteiger partial charge in [-0.15, -0.1) is 0 Å². The van der Waals surface area contributed by atoms with Crippen LogP contribution in [0.25, 0.3) is 0 Å². The summed E-state index contributed by atoms with van der Waals surface area (Å²) < 4.78 is 13.7. The zero-order valence-electron chi connectivity index (χ0n) is 14.3. The van der Waals surface area contributed by atoms with E-state index in [9.17, 15) is 14.0 Å². The van der Waals surface area contributed by atoms with Gasteiger partial charge in [0.05, 0.1) is 6.54 Å². The quantitative estimate of drug-likeness (QED) is 0.772. The summed E-state index contributed by atoms with van der Waals surface area (Å²) in [5, 5.41) is 12.2. The molecule has 1 aliphatic rings. The first kappa shape index (κ1) is 19.5. The maximum atomic E-state index is 13.7. The third-order valence-corrected chi connectivity index (χ3v) is 4.70. The van der Waals surface area contributed by atoms with Crippen molar-refractivity contribution in [3.8, 4) is 0 Å². The summed E-state index contributed by atoms with van der Waals surface area (Å²) >= 11 is 5.86. The van der Waals surface area contributed by atoms with Crippen molar-refractivity contribution in [3.63, 3.8) is 0 Å². The number of benzene rings is 1. The summed E-state index contributed by atoms with van der Waals surface area (Å²) in [5.74, 6) is -1.25. The SMILES string of the molecule is CCN(CC(=O)O)C1CC(NC(=O)N(C)Cc2cc(Cl)ccc2F)C1. The molecule has 0 aromatic heterocycles. The lowest BCUT2D eigenvalue weighted by atomic mass is 9.85. The fourth-order valence-electron chi connectivity index (χ4n) is 2.95. The van der Waals surface area contributed by atoms with Crippen molar-refractivity contribution in [1.82, 2.24) is 15.1 Å². The fraction of sp³-hybridized carbons (Fsp3) is 0.529. The number of likely N-dealkylation sites (N-methyl/N-ethyl adjacent to an activating group) is 1. The monoisotopic (exact) mass is 371 g/mol. The molecule has 0 heterocycles. The maximum Gasteiger partial charge on any atom is 0.317 e. The zero-order valence-corrected chi connectivity index (χ0v) is 15.1. The number of carbonyl (C=O) groups is 2. The third-order valence-electron chi connectivity index (χ3n) is 4.46. The molecule has 0 radical (unpaired) electrons. The lowest BCUT2D eigenvalue weighted by Gasteiger charge is -2.42. The van der Waals surface area contributed by atoms with Crippen LogP contribution in [-0.4, -0.2) is 59.1 Å².